The van der Waals surface area contributed by atoms with Crippen LogP contribution in [0.5, 0.6) is 0 Å². The number of aliphatic carboxylic acids is 4. The molecule has 8 N–H and O–H groups in total. The summed E-state index contributed by atoms with van der Waals surface area (Å²) in [6.45, 7) is 5.53. The van der Waals surface area contributed by atoms with Crippen LogP contribution in [-0.2, 0) is 19.2 Å². The number of hydrogen-bond acceptors (Lipinski definition) is 18. The summed E-state index contributed by atoms with van der Waals surface area (Å²) < 4.78 is 0. The molecular weight excluding hydrogens is 594 g/mol. The molecule has 0 aliphatic carbocycles. The molecule has 0 aromatic carbocycles. The summed E-state index contributed by atoms with van der Waals surface area (Å²) in [6.07, 6.45) is 0. The van der Waals surface area contributed by atoms with Crippen LogP contribution >= 0.6 is 0 Å². The van der Waals surface area contributed by atoms with Crippen molar-refractivity contribution in [3.8, 4) is 0 Å². The number of carbonyl (C=O) groups is 4. The topological polar surface area (TPSA) is 466 Å². The third-order valence-corrected chi connectivity index (χ3v) is 0.167. The molecular formula is C10H24MgN6Na2O20. The summed E-state index contributed by atoms with van der Waals surface area (Å²) in [6, 6.07) is 0. The van der Waals surface area contributed by atoms with E-state index in [1.54, 1.807) is 0 Å². The van der Waals surface area contributed by atoms with Crippen molar-refractivity contribution in [1.82, 2.24) is 0 Å². The Kier molecular flexibility index (Phi) is 150. The van der Waals surface area contributed by atoms with Crippen LogP contribution in [0.4, 0.5) is 0 Å². The van der Waals surface area contributed by atoms with Gasteiger partial charge in [0, 0.05) is 40.8 Å². The third kappa shape index (κ3) is 14800. The van der Waals surface area contributed by atoms with Gasteiger partial charge in [-0.2, -0.15) is 0 Å². The van der Waals surface area contributed by atoms with Gasteiger partial charge in [-0.25, -0.2) is 0 Å². The van der Waals surface area contributed by atoms with Crippen molar-refractivity contribution in [3.05, 3.63) is 61.3 Å². The first kappa shape index (κ1) is 76.6. The summed E-state index contributed by atoms with van der Waals surface area (Å²) in [4.78, 5) is 69.0. The summed E-state index contributed by atoms with van der Waals surface area (Å²) in [7, 11) is 0. The van der Waals surface area contributed by atoms with Gasteiger partial charge < -0.3 is 93.2 Å². The Morgan fingerprint density at radius 2 is 0.513 bits per heavy atom. The summed E-state index contributed by atoms with van der Waals surface area (Å²) in [5.74, 6) is -3.33. The quantitative estimate of drug-likeness (QED) is 0.0901. The van der Waals surface area contributed by atoms with Crippen molar-refractivity contribution in [1.29, 1.82) is 0 Å². The minimum absolute atomic E-state index is 0. The van der Waals surface area contributed by atoms with E-state index in [4.69, 9.17) is 112 Å². The minimum atomic E-state index is -1.75. The van der Waals surface area contributed by atoms with Crippen molar-refractivity contribution >= 4 is 46.9 Å². The second-order valence-corrected chi connectivity index (χ2v) is 3.55. The van der Waals surface area contributed by atoms with Gasteiger partial charge in [-0.1, -0.05) is 0 Å². The van der Waals surface area contributed by atoms with Crippen molar-refractivity contribution in [2.45, 2.75) is 27.7 Å². The Bertz CT molecular complexity index is 423. The predicted molar refractivity (Wildman–Crippen MR) is 119 cm³/mol. The molecule has 0 spiro atoms. The van der Waals surface area contributed by atoms with E-state index in [1.165, 1.54) is 0 Å². The van der Waals surface area contributed by atoms with E-state index < -0.39 is 44.2 Å². The molecule has 0 saturated heterocycles. The molecule has 218 valence electrons. The zero-order valence-electron chi connectivity index (χ0n) is 21.4. The van der Waals surface area contributed by atoms with Crippen LogP contribution in [0.1, 0.15) is 27.7 Å². The monoisotopic (exact) mass is 618 g/mol. The molecule has 0 aliphatic rings. The number of carboxylic acids is 4. The maximum atomic E-state index is 9.00. The van der Waals surface area contributed by atoms with E-state index in [0.717, 1.165) is 27.7 Å². The van der Waals surface area contributed by atoms with Gasteiger partial charge in [-0.05, 0) is 0 Å². The van der Waals surface area contributed by atoms with E-state index >= 15 is 0 Å². The van der Waals surface area contributed by atoms with Crippen LogP contribution in [0, 0.1) is 61.3 Å². The molecule has 0 aliphatic heterocycles. The van der Waals surface area contributed by atoms with Crippen molar-refractivity contribution in [2.75, 3.05) is 13.1 Å². The molecule has 0 bridgehead atoms. The van der Waals surface area contributed by atoms with Crippen LogP contribution < -0.4 is 70.6 Å². The van der Waals surface area contributed by atoms with Gasteiger partial charge in [0.25, 0.3) is 23.9 Å². The zero-order valence-corrected chi connectivity index (χ0v) is 26.8. The Labute approximate surface area is 277 Å². The molecule has 0 rings (SSSR count). The smallest absolute Gasteiger partial charge is 0.481 e. The van der Waals surface area contributed by atoms with Gasteiger partial charge in [-0.15, -0.1) is 0 Å². The predicted octanol–water partition coefficient (Wildman–Crippen LogP) is -8.06. The maximum absolute atomic E-state index is 9.00. The van der Waals surface area contributed by atoms with Gasteiger partial charge in [-0.3, -0.25) is 19.2 Å². The minimum Gasteiger partial charge on any atom is -0.481 e. The number of rotatable bonds is 1. The van der Waals surface area contributed by atoms with E-state index in [2.05, 4.69) is 0 Å². The molecule has 29 heteroatoms. The number of hydrogen-bond donors (Lipinski definition) is 6. The molecule has 0 unspecified atom stereocenters. The fourth-order valence-corrected chi connectivity index (χ4v) is 0. The normalized spacial score (nSPS) is 5.79. The van der Waals surface area contributed by atoms with Gasteiger partial charge in [0.15, 0.2) is 0 Å². The molecule has 0 aromatic rings. The largest absolute Gasteiger partial charge is 2.00 e. The van der Waals surface area contributed by atoms with E-state index in [0.29, 0.717) is 13.1 Å². The summed E-state index contributed by atoms with van der Waals surface area (Å²) >= 11 is 0. The third-order valence-electron chi connectivity index (χ3n) is 0.167. The van der Waals surface area contributed by atoms with E-state index in [1.807, 2.05) is 0 Å². The van der Waals surface area contributed by atoms with E-state index in [9.17, 15) is 0 Å². The van der Waals surface area contributed by atoms with Gasteiger partial charge in [0.1, 0.15) is 0 Å². The van der Waals surface area contributed by atoms with Crippen molar-refractivity contribution < 1.29 is 119 Å². The number of nitrogens with zero attached hydrogens (tertiary/aromatic N) is 4. The average molecular weight is 619 g/mol. The summed E-state index contributed by atoms with van der Waals surface area (Å²) in [5.41, 5.74) is 9.81. The molecule has 0 fully saturated rings. The Morgan fingerprint density at radius 1 is 0.487 bits per heavy atom. The van der Waals surface area contributed by atoms with Crippen LogP contribution in [0.3, 0.4) is 0 Å². The first-order chi connectivity index (χ1) is 15.8. The fraction of sp³-hybridized carbons (Fsp3) is 0.600. The molecule has 0 amide bonds. The maximum Gasteiger partial charge on any atom is 2.00 e. The molecule has 0 saturated carbocycles. The second-order valence-electron chi connectivity index (χ2n) is 3.55. The Balaban J connectivity index is -0.0000000208. The SMILES string of the molecule is CC(=O)O.CC(=O)O.CC(=O)O.CC(=O)O.NCCN.O=[N+]([O-])[O-].O=[N+]([O-])[O-].O=[N+]([O-])[O-].O=[N+]([O-])[O-].[Mg+2].[Na+].[Na+]. The number of nitrogens with two attached hydrogens (primary N) is 2. The van der Waals surface area contributed by atoms with Gasteiger partial charge in [0.05, 0.1) is 20.3 Å². The molecule has 0 atom stereocenters. The molecule has 39 heavy (non-hydrogen) atoms. The van der Waals surface area contributed by atoms with Crippen LogP contribution in [-0.4, -0.2) is 101 Å². The summed E-state index contributed by atoms with van der Waals surface area (Å²) in [5, 5.41) is 88.7. The Morgan fingerprint density at radius 3 is 0.513 bits per heavy atom. The van der Waals surface area contributed by atoms with Crippen LogP contribution in [0.15, 0.2) is 0 Å². The molecule has 0 aromatic heterocycles. The molecule has 26 nitrogen and oxygen atoms in total. The molecule has 0 heterocycles. The Hall–Kier alpha value is -2.63. The van der Waals surface area contributed by atoms with Crippen LogP contribution in [0.25, 0.3) is 0 Å². The first-order valence-corrected chi connectivity index (χ1v) is 7.22. The molecule has 0 radical (unpaired) electrons. The van der Waals surface area contributed by atoms with Gasteiger partial charge in [0.2, 0.25) is 0 Å². The van der Waals surface area contributed by atoms with Crippen LogP contribution in [0.2, 0.25) is 0 Å². The van der Waals surface area contributed by atoms with Gasteiger partial charge >= 0.3 is 82.2 Å². The van der Waals surface area contributed by atoms with Crippen molar-refractivity contribution in [2.24, 2.45) is 11.5 Å². The standard InChI is InChI=1S/C2H8N2.4C2H4O2.Mg.4NO3.2Na/c3-1-2-4;4*1-2(3)4;;4*2-1(3)4;;/h1-4H2;4*1H3,(H,3,4);;;;;;;/q;;;;;+2;4*-1;2*+1. The fourth-order valence-electron chi connectivity index (χ4n) is 0. The number of carboxylic acid groups (broad SMARTS) is 4. The average Bonchev–Trinajstić information content (AvgIpc) is 2.50. The zero-order chi connectivity index (χ0) is 32.0. The first-order valence-electron chi connectivity index (χ1n) is 7.22. The van der Waals surface area contributed by atoms with E-state index in [-0.39, 0.29) is 82.2 Å². The second kappa shape index (κ2) is 76.5. The van der Waals surface area contributed by atoms with Crippen molar-refractivity contribution in [3.63, 3.8) is 0 Å².